The maximum absolute atomic E-state index is 12.8. The second-order valence-corrected chi connectivity index (χ2v) is 16.0. The van der Waals surface area contributed by atoms with E-state index in [1.165, 1.54) is 64.2 Å². The molecule has 0 bridgehead atoms. The topological polar surface area (TPSA) is 26.3 Å². The van der Waals surface area contributed by atoms with Crippen LogP contribution < -0.4 is 0 Å². The Morgan fingerprint density at radius 1 is 0.946 bits per heavy atom. The maximum Gasteiger partial charge on any atom is 0.338 e. The van der Waals surface area contributed by atoms with Gasteiger partial charge < -0.3 is 4.74 Å². The fourth-order valence-electron chi connectivity index (χ4n) is 10.1. The molecular formula is C34H51BrO2. The Balaban J connectivity index is 1.26. The van der Waals surface area contributed by atoms with Crippen molar-refractivity contribution < 1.29 is 9.53 Å². The van der Waals surface area contributed by atoms with Gasteiger partial charge in [0.1, 0.15) is 6.10 Å². The molecule has 4 saturated carbocycles. The highest BCUT2D eigenvalue weighted by Crippen LogP contribution is 2.71. The molecule has 9 unspecified atom stereocenters. The normalized spacial score (nSPS) is 42.0. The van der Waals surface area contributed by atoms with Crippen molar-refractivity contribution in [2.75, 3.05) is 0 Å². The van der Waals surface area contributed by atoms with Gasteiger partial charge in [-0.05, 0) is 110 Å². The van der Waals surface area contributed by atoms with E-state index < -0.39 is 0 Å². The molecule has 3 heteroatoms. The molecule has 4 fully saturated rings. The van der Waals surface area contributed by atoms with Gasteiger partial charge in [0.2, 0.25) is 0 Å². The third-order valence-corrected chi connectivity index (χ3v) is 13.8. The molecule has 2 nitrogen and oxygen atoms in total. The van der Waals surface area contributed by atoms with Gasteiger partial charge in [0, 0.05) is 10.7 Å². The van der Waals surface area contributed by atoms with Crippen LogP contribution in [0.1, 0.15) is 122 Å². The van der Waals surface area contributed by atoms with E-state index in [9.17, 15) is 4.79 Å². The number of carbonyl (C=O) groups is 1. The van der Waals surface area contributed by atoms with E-state index in [0.29, 0.717) is 16.4 Å². The highest BCUT2D eigenvalue weighted by molar-refractivity contribution is 9.10. The molecule has 37 heavy (non-hydrogen) atoms. The molecule has 0 aliphatic heterocycles. The molecular weight excluding hydrogens is 520 g/mol. The number of ether oxygens (including phenoxy) is 1. The van der Waals surface area contributed by atoms with Crippen molar-refractivity contribution in [3.05, 3.63) is 35.9 Å². The molecule has 9 atom stereocenters. The Morgan fingerprint density at radius 2 is 1.70 bits per heavy atom. The molecule has 5 rings (SSSR count). The van der Waals surface area contributed by atoms with Crippen LogP contribution in [0.2, 0.25) is 0 Å². The lowest BCUT2D eigenvalue weighted by molar-refractivity contribution is -0.116. The zero-order valence-corrected chi connectivity index (χ0v) is 25.7. The number of carbonyl (C=O) groups excluding carboxylic acids is 1. The van der Waals surface area contributed by atoms with E-state index >= 15 is 0 Å². The van der Waals surface area contributed by atoms with E-state index in [0.717, 1.165) is 48.3 Å². The van der Waals surface area contributed by atoms with Crippen LogP contribution >= 0.6 is 15.9 Å². The lowest BCUT2D eigenvalue weighted by Crippen LogP contribution is -2.60. The number of alkyl halides is 1. The second kappa shape index (κ2) is 10.6. The Bertz CT molecular complexity index is 944. The first-order chi connectivity index (χ1) is 17.6. The van der Waals surface area contributed by atoms with Crippen molar-refractivity contribution in [3.8, 4) is 0 Å². The summed E-state index contributed by atoms with van der Waals surface area (Å²) in [6, 6.07) is 9.51. The quantitative estimate of drug-likeness (QED) is 0.241. The van der Waals surface area contributed by atoms with Crippen LogP contribution in [0.25, 0.3) is 0 Å². The summed E-state index contributed by atoms with van der Waals surface area (Å²) in [6.07, 6.45) is 15.7. The van der Waals surface area contributed by atoms with E-state index in [2.05, 4.69) is 50.5 Å². The van der Waals surface area contributed by atoms with Crippen LogP contribution in [0.5, 0.6) is 0 Å². The smallest absolute Gasteiger partial charge is 0.338 e. The van der Waals surface area contributed by atoms with Crippen LogP contribution in [0.3, 0.4) is 0 Å². The van der Waals surface area contributed by atoms with Gasteiger partial charge in [-0.2, -0.15) is 0 Å². The zero-order valence-electron chi connectivity index (χ0n) is 24.1. The monoisotopic (exact) mass is 570 g/mol. The first-order valence-electron chi connectivity index (χ1n) is 15.5. The molecule has 1 aromatic rings. The summed E-state index contributed by atoms with van der Waals surface area (Å²) >= 11 is 4.35. The van der Waals surface area contributed by atoms with Gasteiger partial charge in [-0.25, -0.2) is 4.79 Å². The van der Waals surface area contributed by atoms with Gasteiger partial charge in [0.05, 0.1) is 5.56 Å². The molecule has 1 aromatic carbocycles. The average molecular weight is 572 g/mol. The first kappa shape index (κ1) is 27.7. The Morgan fingerprint density at radius 3 is 2.43 bits per heavy atom. The molecule has 0 N–H and O–H groups in total. The molecule has 0 amide bonds. The van der Waals surface area contributed by atoms with Crippen molar-refractivity contribution in [3.63, 3.8) is 0 Å². The number of halogens is 1. The summed E-state index contributed by atoms with van der Waals surface area (Å²) in [7, 11) is 0. The largest absolute Gasteiger partial charge is 0.459 e. The molecule has 0 aromatic heterocycles. The molecule has 4 aliphatic carbocycles. The van der Waals surface area contributed by atoms with E-state index in [1.807, 2.05) is 30.3 Å². The number of hydrogen-bond acceptors (Lipinski definition) is 2. The van der Waals surface area contributed by atoms with Gasteiger partial charge in [-0.1, -0.05) is 88.0 Å². The van der Waals surface area contributed by atoms with E-state index in [4.69, 9.17) is 4.74 Å². The fourth-order valence-corrected chi connectivity index (χ4v) is 11.2. The number of rotatable bonds is 7. The van der Waals surface area contributed by atoms with Crippen molar-refractivity contribution in [1.29, 1.82) is 0 Å². The standard InChI is InChI=1S/C34H51BrO2/c1-23(2)10-9-11-24(3)28-14-15-29-27-17-21-34(35)22-26(37-31(36)25-12-7-6-8-13-25)16-20-33(34,5)30(27)18-19-32(28,29)4/h6-8,12-13,23-24,26-30H,9-11,14-22H2,1-5H3. The minimum atomic E-state index is -0.160. The van der Waals surface area contributed by atoms with Crippen molar-refractivity contribution in [2.24, 2.45) is 46.3 Å². The Kier molecular flexibility index (Phi) is 7.96. The summed E-state index contributed by atoms with van der Waals surface area (Å²) in [5.74, 6) is 5.05. The number of hydrogen-bond donors (Lipinski definition) is 0. The molecule has 0 saturated heterocycles. The second-order valence-electron chi connectivity index (χ2n) is 14.5. The van der Waals surface area contributed by atoms with Crippen LogP contribution in [0.15, 0.2) is 30.3 Å². The summed E-state index contributed by atoms with van der Waals surface area (Å²) in [6.45, 7) is 12.6. The molecule has 0 heterocycles. The summed E-state index contributed by atoms with van der Waals surface area (Å²) in [5, 5.41) is 0. The van der Waals surface area contributed by atoms with Gasteiger partial charge in [0.15, 0.2) is 0 Å². The van der Waals surface area contributed by atoms with Crippen molar-refractivity contribution in [2.45, 2.75) is 122 Å². The highest BCUT2D eigenvalue weighted by Gasteiger charge is 2.64. The van der Waals surface area contributed by atoms with Crippen molar-refractivity contribution in [1.82, 2.24) is 0 Å². The van der Waals surface area contributed by atoms with Crippen LogP contribution in [-0.4, -0.2) is 16.4 Å². The van der Waals surface area contributed by atoms with Crippen molar-refractivity contribution >= 4 is 21.9 Å². The first-order valence-corrected chi connectivity index (χ1v) is 16.3. The third-order valence-electron chi connectivity index (χ3n) is 12.2. The lowest BCUT2D eigenvalue weighted by atomic mass is 9.44. The Labute approximate surface area is 235 Å². The third kappa shape index (κ3) is 4.98. The number of fused-ring (bicyclic) bond motifs is 5. The molecule has 4 aliphatic rings. The predicted molar refractivity (Wildman–Crippen MR) is 157 cm³/mol. The number of esters is 1. The predicted octanol–water partition coefficient (Wildman–Crippen LogP) is 9.85. The van der Waals surface area contributed by atoms with Crippen LogP contribution in [0, 0.1) is 46.3 Å². The number of benzene rings is 1. The SMILES string of the molecule is CC(C)CCCC(C)C1CCC2C3CCC4(Br)CC(OC(=O)c5ccccc5)CCC4(C)C3CCC12C. The van der Waals surface area contributed by atoms with Gasteiger partial charge in [-0.3, -0.25) is 0 Å². The minimum Gasteiger partial charge on any atom is -0.459 e. The van der Waals surface area contributed by atoms with Gasteiger partial charge in [-0.15, -0.1) is 0 Å². The van der Waals surface area contributed by atoms with E-state index in [-0.39, 0.29) is 16.4 Å². The summed E-state index contributed by atoms with van der Waals surface area (Å²) in [4.78, 5) is 12.8. The zero-order chi connectivity index (χ0) is 26.4. The van der Waals surface area contributed by atoms with Crippen LogP contribution in [0.4, 0.5) is 0 Å². The molecule has 206 valence electrons. The van der Waals surface area contributed by atoms with E-state index in [1.54, 1.807) is 0 Å². The summed E-state index contributed by atoms with van der Waals surface area (Å²) < 4.78 is 6.17. The average Bonchev–Trinajstić information content (AvgIpc) is 3.22. The minimum absolute atomic E-state index is 0.0214. The highest BCUT2D eigenvalue weighted by atomic mass is 79.9. The summed E-state index contributed by atoms with van der Waals surface area (Å²) in [5.41, 5.74) is 1.51. The van der Waals surface area contributed by atoms with Gasteiger partial charge >= 0.3 is 5.97 Å². The Hall–Kier alpha value is -0.830. The lowest BCUT2D eigenvalue weighted by Gasteiger charge is -2.64. The molecule has 0 radical (unpaired) electrons. The fraction of sp³-hybridized carbons (Fsp3) is 0.794. The maximum atomic E-state index is 12.8. The van der Waals surface area contributed by atoms with Gasteiger partial charge in [0.25, 0.3) is 0 Å². The van der Waals surface area contributed by atoms with Crippen LogP contribution in [-0.2, 0) is 4.74 Å². The molecule has 0 spiro atoms.